The number of pyridine rings is 1. The molecule has 4 aliphatic rings. The molecule has 290 valence electrons. The number of hydrogen-bond acceptors (Lipinski definition) is 9. The molecule has 2 bridgehead atoms. The van der Waals surface area contributed by atoms with E-state index in [1.54, 1.807) is 21.9 Å². The molecule has 0 spiro atoms. The summed E-state index contributed by atoms with van der Waals surface area (Å²) in [5.41, 5.74) is 2.13. The fraction of sp³-hybridized carbons (Fsp3) is 0.442. The molecule has 12 nitrogen and oxygen atoms in total. The SMILES string of the molecule is CCN(CCCNCC(O)c1ccc(O)c2[nH]c(=O)ccc12)C(=O)c1ccc(CCC(=O)N2CC(C(=O)O[C@H]3CN4CCC3CC4)(c3ccccc3)C2)cc1. The number of nitrogens with one attached hydrogen (secondary N) is 2. The van der Waals surface area contributed by atoms with E-state index in [0.29, 0.717) is 79.9 Å². The molecule has 1 aromatic heterocycles. The van der Waals surface area contributed by atoms with Crippen LogP contribution in [0.2, 0.25) is 0 Å². The molecule has 4 N–H and O–H groups in total. The summed E-state index contributed by atoms with van der Waals surface area (Å²) in [5.74, 6) is 0.0555. The van der Waals surface area contributed by atoms with Crippen LogP contribution in [0.15, 0.2) is 83.7 Å². The minimum absolute atomic E-state index is 0.00612. The van der Waals surface area contributed by atoms with Crippen molar-refractivity contribution in [2.75, 3.05) is 58.9 Å². The number of aliphatic hydroxyl groups excluding tert-OH is 1. The monoisotopic (exact) mass is 749 g/mol. The molecule has 0 saturated carbocycles. The molecular formula is C43H51N5O7. The predicted octanol–water partition coefficient (Wildman–Crippen LogP) is 3.76. The van der Waals surface area contributed by atoms with E-state index in [0.717, 1.165) is 43.6 Å². The molecule has 5 heterocycles. The number of piperidine rings is 3. The molecule has 12 heteroatoms. The number of aromatic nitrogens is 1. The molecular weight excluding hydrogens is 699 g/mol. The van der Waals surface area contributed by atoms with Crippen molar-refractivity contribution in [3.05, 3.63) is 111 Å². The van der Waals surface area contributed by atoms with Gasteiger partial charge in [-0.05, 0) is 99.1 Å². The Kier molecular flexibility index (Phi) is 11.7. The normalized spacial score (nSPS) is 20.5. The van der Waals surface area contributed by atoms with Crippen LogP contribution in [-0.2, 0) is 26.2 Å². The highest BCUT2D eigenvalue weighted by Crippen LogP contribution is 2.39. The number of fused-ring (bicyclic) bond motifs is 4. The third kappa shape index (κ3) is 8.31. The Bertz CT molecular complexity index is 2040. The molecule has 4 saturated heterocycles. The van der Waals surface area contributed by atoms with E-state index in [4.69, 9.17) is 4.74 Å². The van der Waals surface area contributed by atoms with Crippen LogP contribution in [0.4, 0.5) is 0 Å². The number of hydrogen-bond donors (Lipinski definition) is 4. The van der Waals surface area contributed by atoms with Crippen molar-refractivity contribution in [1.82, 2.24) is 25.0 Å². The number of benzene rings is 3. The molecule has 4 fully saturated rings. The lowest BCUT2D eigenvalue weighted by Gasteiger charge is -2.50. The number of aromatic amines is 1. The Balaban J connectivity index is 0.860. The summed E-state index contributed by atoms with van der Waals surface area (Å²) in [6.07, 6.45) is 2.69. The van der Waals surface area contributed by atoms with E-state index in [9.17, 15) is 29.4 Å². The Hall–Kier alpha value is -5.04. The van der Waals surface area contributed by atoms with Crippen LogP contribution in [0.1, 0.15) is 65.8 Å². The van der Waals surface area contributed by atoms with Crippen LogP contribution in [0.5, 0.6) is 5.75 Å². The van der Waals surface area contributed by atoms with Gasteiger partial charge in [0.05, 0.1) is 11.6 Å². The number of carbonyl (C=O) groups excluding carboxylic acids is 3. The zero-order chi connectivity index (χ0) is 38.5. The Labute approximate surface area is 321 Å². The third-order valence-electron chi connectivity index (χ3n) is 11.7. The van der Waals surface area contributed by atoms with Gasteiger partial charge in [0.1, 0.15) is 17.3 Å². The first-order valence-electron chi connectivity index (χ1n) is 19.5. The van der Waals surface area contributed by atoms with Crippen molar-refractivity contribution < 1.29 is 29.3 Å². The second kappa shape index (κ2) is 16.8. The number of ether oxygens (including phenoxy) is 1. The predicted molar refractivity (Wildman–Crippen MR) is 209 cm³/mol. The van der Waals surface area contributed by atoms with Gasteiger partial charge in [-0.25, -0.2) is 0 Å². The number of aryl methyl sites for hydroxylation is 1. The Morgan fingerprint density at radius 2 is 1.75 bits per heavy atom. The number of phenols is 1. The number of carbonyl (C=O) groups is 3. The topological polar surface area (TPSA) is 156 Å². The minimum Gasteiger partial charge on any atom is -0.506 e. The first kappa shape index (κ1) is 38.2. The van der Waals surface area contributed by atoms with E-state index in [-0.39, 0.29) is 41.7 Å². The van der Waals surface area contributed by atoms with Crippen LogP contribution < -0.4 is 10.9 Å². The summed E-state index contributed by atoms with van der Waals surface area (Å²) in [4.78, 5) is 60.7. The molecule has 0 aliphatic carbocycles. The third-order valence-corrected chi connectivity index (χ3v) is 11.7. The molecule has 2 amide bonds. The molecule has 1 unspecified atom stereocenters. The van der Waals surface area contributed by atoms with Gasteiger partial charge < -0.3 is 35.1 Å². The highest BCUT2D eigenvalue weighted by molar-refractivity contribution is 5.94. The fourth-order valence-electron chi connectivity index (χ4n) is 8.37. The highest BCUT2D eigenvalue weighted by Gasteiger charge is 2.54. The van der Waals surface area contributed by atoms with Crippen LogP contribution in [-0.4, -0.2) is 113 Å². The molecule has 55 heavy (non-hydrogen) atoms. The fourth-order valence-corrected chi connectivity index (χ4v) is 8.37. The first-order chi connectivity index (χ1) is 26.6. The van der Waals surface area contributed by atoms with Crippen molar-refractivity contribution in [1.29, 1.82) is 0 Å². The molecule has 8 rings (SSSR count). The second-order valence-electron chi connectivity index (χ2n) is 15.2. The van der Waals surface area contributed by atoms with E-state index >= 15 is 0 Å². The van der Waals surface area contributed by atoms with Gasteiger partial charge in [0.2, 0.25) is 11.5 Å². The van der Waals surface area contributed by atoms with Gasteiger partial charge in [-0.15, -0.1) is 0 Å². The summed E-state index contributed by atoms with van der Waals surface area (Å²) in [6.45, 7) is 7.42. The number of rotatable bonds is 15. The largest absolute Gasteiger partial charge is 0.506 e. The molecule has 0 radical (unpaired) electrons. The number of aromatic hydroxyl groups is 1. The number of amides is 2. The molecule has 3 aromatic carbocycles. The number of likely N-dealkylation sites (tertiary alicyclic amines) is 1. The zero-order valence-electron chi connectivity index (χ0n) is 31.4. The number of esters is 1. The summed E-state index contributed by atoms with van der Waals surface area (Å²) < 4.78 is 6.20. The number of nitrogens with zero attached hydrogens (tertiary/aromatic N) is 3. The average Bonchev–Trinajstić information content (AvgIpc) is 3.19. The van der Waals surface area contributed by atoms with Gasteiger partial charge in [0, 0.05) is 62.7 Å². The smallest absolute Gasteiger partial charge is 0.320 e. The van der Waals surface area contributed by atoms with Crippen LogP contribution in [0, 0.1) is 5.92 Å². The minimum atomic E-state index is -0.857. The summed E-state index contributed by atoms with van der Waals surface area (Å²) in [5, 5.41) is 24.8. The lowest BCUT2D eigenvalue weighted by atomic mass is 9.73. The van der Waals surface area contributed by atoms with E-state index in [1.807, 2.05) is 61.5 Å². The maximum absolute atomic E-state index is 13.8. The molecule has 4 aliphatic heterocycles. The Morgan fingerprint density at radius 1 is 1.00 bits per heavy atom. The van der Waals surface area contributed by atoms with Crippen LogP contribution in [0.3, 0.4) is 0 Å². The Morgan fingerprint density at radius 3 is 2.44 bits per heavy atom. The van der Waals surface area contributed by atoms with Crippen LogP contribution >= 0.6 is 0 Å². The van der Waals surface area contributed by atoms with Crippen molar-refractivity contribution in [3.63, 3.8) is 0 Å². The highest BCUT2D eigenvalue weighted by atomic mass is 16.5. The lowest BCUT2D eigenvalue weighted by molar-refractivity contribution is -0.175. The van der Waals surface area contributed by atoms with Gasteiger partial charge in [0.25, 0.3) is 5.91 Å². The number of H-pyrrole nitrogens is 1. The van der Waals surface area contributed by atoms with Gasteiger partial charge in [-0.2, -0.15) is 0 Å². The standard InChI is InChI=1S/C43H51N5O7/c1-2-47(22-6-21-44-25-36(50)33-14-16-35(49)40-34(33)15-17-38(51)45-40)41(53)31-12-9-29(10-13-31)11-18-39(52)48-27-43(28-48,32-7-4-3-5-8-32)42(54)55-37-26-46-23-19-30(37)20-24-46/h3-5,7-10,12-17,30,36-37,44,49-50H,2,6,11,18-28H2,1H3,(H,45,51)/t36?,37-/m0/s1. The maximum Gasteiger partial charge on any atom is 0.320 e. The van der Waals surface area contributed by atoms with Gasteiger partial charge in [0.15, 0.2) is 0 Å². The summed E-state index contributed by atoms with van der Waals surface area (Å²) in [7, 11) is 0. The van der Waals surface area contributed by atoms with E-state index < -0.39 is 11.5 Å². The maximum atomic E-state index is 13.8. The zero-order valence-corrected chi connectivity index (χ0v) is 31.4. The quantitative estimate of drug-likeness (QED) is 0.105. The van der Waals surface area contributed by atoms with Gasteiger partial charge in [-0.1, -0.05) is 48.5 Å². The van der Waals surface area contributed by atoms with Crippen molar-refractivity contribution in [2.45, 2.75) is 56.7 Å². The first-order valence-corrected chi connectivity index (χ1v) is 19.5. The van der Waals surface area contributed by atoms with Gasteiger partial charge in [-0.3, -0.25) is 24.1 Å². The number of aliphatic hydroxyl groups is 1. The molecule has 2 atom stereocenters. The van der Waals surface area contributed by atoms with E-state index in [2.05, 4.69) is 15.2 Å². The lowest BCUT2D eigenvalue weighted by Crippen LogP contribution is -2.66. The molecule has 4 aromatic rings. The summed E-state index contributed by atoms with van der Waals surface area (Å²) >= 11 is 0. The summed E-state index contributed by atoms with van der Waals surface area (Å²) in [6, 6.07) is 23.2. The van der Waals surface area contributed by atoms with Crippen LogP contribution in [0.25, 0.3) is 10.9 Å². The van der Waals surface area contributed by atoms with Crippen molar-refractivity contribution in [2.24, 2.45) is 5.92 Å². The number of phenolic OH excluding ortho intramolecular Hbond substituents is 1. The van der Waals surface area contributed by atoms with Gasteiger partial charge >= 0.3 is 5.97 Å². The van der Waals surface area contributed by atoms with Crippen molar-refractivity contribution in [3.8, 4) is 5.75 Å². The average molecular weight is 750 g/mol. The van der Waals surface area contributed by atoms with Crippen molar-refractivity contribution >= 4 is 28.7 Å². The van der Waals surface area contributed by atoms with E-state index in [1.165, 1.54) is 12.1 Å². The second-order valence-corrected chi connectivity index (χ2v) is 15.2.